The molecule has 0 bridgehead atoms. The highest BCUT2D eigenvalue weighted by Gasteiger charge is 2.51. The fraction of sp³-hybridized carbons (Fsp3) is 0.261. The van der Waals surface area contributed by atoms with Gasteiger partial charge in [-0.3, -0.25) is 24.5 Å². The number of benzene rings is 2. The molecule has 3 amide bonds. The third-order valence-corrected chi connectivity index (χ3v) is 6.25. The monoisotopic (exact) mass is 453 g/mol. The van der Waals surface area contributed by atoms with Gasteiger partial charge in [0.05, 0.1) is 23.3 Å². The summed E-state index contributed by atoms with van der Waals surface area (Å²) in [7, 11) is 0. The van der Waals surface area contributed by atoms with E-state index in [0.717, 1.165) is 15.6 Å². The summed E-state index contributed by atoms with van der Waals surface area (Å²) in [6.07, 6.45) is 2.78. The zero-order chi connectivity index (χ0) is 23.0. The van der Waals surface area contributed by atoms with Crippen LogP contribution in [0.15, 0.2) is 60.2 Å². The van der Waals surface area contributed by atoms with E-state index in [9.17, 15) is 24.5 Å². The summed E-state index contributed by atoms with van der Waals surface area (Å²) in [6.45, 7) is 1.71. The molecule has 8 nitrogen and oxygen atoms in total. The van der Waals surface area contributed by atoms with Crippen LogP contribution < -0.4 is 0 Å². The Kier molecular flexibility index (Phi) is 5.80. The van der Waals surface area contributed by atoms with Gasteiger partial charge < -0.3 is 0 Å². The first kappa shape index (κ1) is 21.7. The fourth-order valence-electron chi connectivity index (χ4n) is 4.23. The number of allylic oxidation sites excluding steroid dienone is 2. The van der Waals surface area contributed by atoms with Crippen LogP contribution in [0.1, 0.15) is 35.7 Å². The highest BCUT2D eigenvalue weighted by molar-refractivity contribution is 6.31. The van der Waals surface area contributed by atoms with Gasteiger partial charge in [-0.25, -0.2) is 5.01 Å². The number of hydrogen-bond donors (Lipinski definition) is 0. The first-order chi connectivity index (χ1) is 15.3. The van der Waals surface area contributed by atoms with E-state index in [1.165, 1.54) is 24.3 Å². The first-order valence-corrected chi connectivity index (χ1v) is 10.5. The third-order valence-electron chi connectivity index (χ3n) is 5.88. The number of halogens is 1. The molecule has 0 unspecified atom stereocenters. The zero-order valence-corrected chi connectivity index (χ0v) is 18.0. The van der Waals surface area contributed by atoms with Gasteiger partial charge in [0.1, 0.15) is 5.56 Å². The van der Waals surface area contributed by atoms with E-state index in [4.69, 9.17) is 11.6 Å². The topological polar surface area (TPSA) is 101 Å². The molecular formula is C23H20ClN3O5. The quantitative estimate of drug-likeness (QED) is 0.293. The number of hydrazine groups is 1. The minimum absolute atomic E-state index is 0.187. The maximum absolute atomic E-state index is 13.6. The average Bonchev–Trinajstić information content (AvgIpc) is 3.02. The molecule has 1 aliphatic carbocycles. The minimum atomic E-state index is -0.817. The lowest BCUT2D eigenvalue weighted by Gasteiger charge is -2.30. The second-order valence-corrected chi connectivity index (χ2v) is 8.33. The Labute approximate surface area is 189 Å². The molecule has 2 atom stereocenters. The molecule has 4 rings (SSSR count). The predicted octanol–water partition coefficient (Wildman–Crippen LogP) is 4.15. The van der Waals surface area contributed by atoms with Gasteiger partial charge in [-0.2, -0.15) is 5.01 Å². The molecule has 0 aromatic heterocycles. The van der Waals surface area contributed by atoms with Crippen molar-refractivity contribution in [3.05, 3.63) is 86.4 Å². The van der Waals surface area contributed by atoms with E-state index in [-0.39, 0.29) is 12.1 Å². The second kappa shape index (κ2) is 8.55. The average molecular weight is 454 g/mol. The molecule has 0 saturated carbocycles. The number of hydrogen-bond acceptors (Lipinski definition) is 5. The molecule has 1 fully saturated rings. The van der Waals surface area contributed by atoms with Gasteiger partial charge >= 0.3 is 0 Å². The molecular weight excluding hydrogens is 434 g/mol. The van der Waals surface area contributed by atoms with Gasteiger partial charge in [-0.05, 0) is 37.5 Å². The van der Waals surface area contributed by atoms with Gasteiger partial charge in [-0.1, -0.05) is 53.6 Å². The molecule has 32 heavy (non-hydrogen) atoms. The molecule has 2 aliphatic rings. The number of imide groups is 1. The summed E-state index contributed by atoms with van der Waals surface area (Å²) in [5.41, 5.74) is 0.896. The Morgan fingerprint density at radius 3 is 2.50 bits per heavy atom. The van der Waals surface area contributed by atoms with Crippen LogP contribution in [-0.4, -0.2) is 32.7 Å². The van der Waals surface area contributed by atoms with Gasteiger partial charge in [0.2, 0.25) is 0 Å². The van der Waals surface area contributed by atoms with Crippen molar-refractivity contribution in [2.45, 2.75) is 26.3 Å². The zero-order valence-electron chi connectivity index (χ0n) is 17.2. The van der Waals surface area contributed by atoms with Crippen LogP contribution in [0.5, 0.6) is 0 Å². The number of nitro groups is 1. The number of nitrogens with zero attached hydrogens (tertiary/aromatic N) is 3. The standard InChI is InChI=1S/C23H20ClN3O5/c1-14-10-11-16-18(12-14)23(30)26(22(16)29)25(13-15-6-2-4-8-19(15)24)21(28)17-7-3-5-9-20(17)27(31)32/h2-10,16,18H,11-13H2,1H3/t16-,18-/m0/s1. The van der Waals surface area contributed by atoms with Crippen LogP contribution in [0.2, 0.25) is 5.02 Å². The molecule has 0 radical (unpaired) electrons. The van der Waals surface area contributed by atoms with Crippen LogP contribution >= 0.6 is 11.6 Å². The molecule has 2 aromatic carbocycles. The summed E-state index contributed by atoms with van der Waals surface area (Å²) in [4.78, 5) is 50.9. The summed E-state index contributed by atoms with van der Waals surface area (Å²) in [6, 6.07) is 12.2. The minimum Gasteiger partial charge on any atom is -0.272 e. The highest BCUT2D eigenvalue weighted by atomic mass is 35.5. The molecule has 164 valence electrons. The maximum atomic E-state index is 13.6. The number of para-hydroxylation sites is 1. The number of fused-ring (bicyclic) bond motifs is 1. The fourth-order valence-corrected chi connectivity index (χ4v) is 4.43. The third kappa shape index (κ3) is 3.78. The lowest BCUT2D eigenvalue weighted by atomic mass is 9.82. The smallest absolute Gasteiger partial charge is 0.272 e. The Morgan fingerprint density at radius 1 is 1.12 bits per heavy atom. The van der Waals surface area contributed by atoms with Gasteiger partial charge in [0.25, 0.3) is 23.4 Å². The van der Waals surface area contributed by atoms with E-state index in [1.54, 1.807) is 24.3 Å². The van der Waals surface area contributed by atoms with Crippen molar-refractivity contribution in [3.63, 3.8) is 0 Å². The first-order valence-electron chi connectivity index (χ1n) is 10.1. The molecule has 9 heteroatoms. The normalized spacial score (nSPS) is 20.1. The maximum Gasteiger partial charge on any atom is 0.282 e. The summed E-state index contributed by atoms with van der Waals surface area (Å²) in [5, 5.41) is 13.7. The lowest BCUT2D eigenvalue weighted by Crippen LogP contribution is -2.50. The van der Waals surface area contributed by atoms with Crippen molar-refractivity contribution in [2.24, 2.45) is 11.8 Å². The molecule has 1 aliphatic heterocycles. The van der Waals surface area contributed by atoms with Crippen LogP contribution in [0.3, 0.4) is 0 Å². The summed E-state index contributed by atoms with van der Waals surface area (Å²) in [5.74, 6) is -2.89. The Morgan fingerprint density at radius 2 is 1.78 bits per heavy atom. The number of amides is 3. The number of nitro benzene ring substituents is 1. The summed E-state index contributed by atoms with van der Waals surface area (Å²) >= 11 is 6.28. The van der Waals surface area contributed by atoms with Crippen molar-refractivity contribution in [1.82, 2.24) is 10.0 Å². The molecule has 2 aromatic rings. The van der Waals surface area contributed by atoms with Gasteiger partial charge in [0, 0.05) is 11.1 Å². The molecule has 0 N–H and O–H groups in total. The number of rotatable bonds is 5. The van der Waals surface area contributed by atoms with Gasteiger partial charge in [-0.15, -0.1) is 0 Å². The molecule has 0 spiro atoms. The van der Waals surface area contributed by atoms with Gasteiger partial charge in [0.15, 0.2) is 0 Å². The van der Waals surface area contributed by atoms with Crippen LogP contribution in [0.4, 0.5) is 5.69 Å². The molecule has 1 heterocycles. The Hall–Kier alpha value is -3.52. The Balaban J connectivity index is 1.78. The van der Waals surface area contributed by atoms with Crippen LogP contribution in [0, 0.1) is 22.0 Å². The number of carbonyl (C=O) groups is 3. The second-order valence-electron chi connectivity index (χ2n) is 7.92. The highest BCUT2D eigenvalue weighted by Crippen LogP contribution is 2.39. The van der Waals surface area contributed by atoms with Crippen molar-refractivity contribution >= 4 is 35.0 Å². The molecule has 1 saturated heterocycles. The van der Waals surface area contributed by atoms with Crippen molar-refractivity contribution in [3.8, 4) is 0 Å². The van der Waals surface area contributed by atoms with Crippen molar-refractivity contribution in [1.29, 1.82) is 0 Å². The summed E-state index contributed by atoms with van der Waals surface area (Å²) < 4.78 is 0. The number of carbonyl (C=O) groups excluding carboxylic acids is 3. The van der Waals surface area contributed by atoms with E-state index < -0.39 is 40.2 Å². The lowest BCUT2D eigenvalue weighted by molar-refractivity contribution is -0.385. The van der Waals surface area contributed by atoms with Crippen molar-refractivity contribution < 1.29 is 19.3 Å². The predicted molar refractivity (Wildman–Crippen MR) is 116 cm³/mol. The largest absolute Gasteiger partial charge is 0.282 e. The van der Waals surface area contributed by atoms with E-state index in [0.29, 0.717) is 23.4 Å². The van der Waals surface area contributed by atoms with Crippen molar-refractivity contribution in [2.75, 3.05) is 0 Å². The SMILES string of the molecule is CC1=CC[C@@H]2C(=O)N(N(Cc3ccccc3Cl)C(=O)c3ccccc3[N+](=O)[O-])C(=O)[C@H]2C1. The van der Waals surface area contributed by atoms with Crippen LogP contribution in [0.25, 0.3) is 0 Å². The van der Waals surface area contributed by atoms with Crippen LogP contribution in [-0.2, 0) is 16.1 Å². The Bertz CT molecular complexity index is 1160. The van der Waals surface area contributed by atoms with E-state index in [2.05, 4.69) is 0 Å². The van der Waals surface area contributed by atoms with E-state index in [1.807, 2.05) is 13.0 Å². The van der Waals surface area contributed by atoms with E-state index >= 15 is 0 Å².